The Hall–Kier alpha value is -2.35. The van der Waals surface area contributed by atoms with Gasteiger partial charge in [0.1, 0.15) is 17.1 Å². The van der Waals surface area contributed by atoms with Gasteiger partial charge in [0.05, 0.1) is 4.47 Å². The number of hydrogen-bond donors (Lipinski definition) is 2. The molecule has 3 aromatic rings. The fourth-order valence-electron chi connectivity index (χ4n) is 2.16. The highest BCUT2D eigenvalue weighted by molar-refractivity contribution is 9.10. The van der Waals surface area contributed by atoms with Gasteiger partial charge in [-0.3, -0.25) is 13.9 Å². The molecule has 1 aromatic carbocycles. The molecule has 0 saturated carbocycles. The van der Waals surface area contributed by atoms with Crippen LogP contribution in [0.5, 0.6) is 5.75 Å². The van der Waals surface area contributed by atoms with E-state index in [0.29, 0.717) is 15.9 Å². The lowest BCUT2D eigenvalue weighted by atomic mass is 10.2. The highest BCUT2D eigenvalue weighted by Crippen LogP contribution is 2.33. The number of hydrogen-bond acceptors (Lipinski definition) is 4. The first-order valence-electron chi connectivity index (χ1n) is 6.05. The maximum atomic E-state index is 12.1. The zero-order valence-electron chi connectivity index (χ0n) is 11.2. The number of aromatic hydroxyl groups is 1. The molecule has 8 heteroatoms. The average Bonchev–Trinajstić information content (AvgIpc) is 2.91. The summed E-state index contributed by atoms with van der Waals surface area (Å²) < 4.78 is 2.78. The lowest BCUT2D eigenvalue weighted by Gasteiger charge is -2.02. The van der Waals surface area contributed by atoms with Gasteiger partial charge < -0.3 is 10.1 Å². The van der Waals surface area contributed by atoms with E-state index in [1.54, 1.807) is 19.2 Å². The van der Waals surface area contributed by atoms with Crippen molar-refractivity contribution in [3.05, 3.63) is 43.5 Å². The van der Waals surface area contributed by atoms with Crippen LogP contribution in [0.3, 0.4) is 0 Å². The number of phenols is 1. The molecule has 0 amide bonds. The predicted octanol–water partition coefficient (Wildman–Crippen LogP) is 1.10. The van der Waals surface area contributed by atoms with E-state index in [4.69, 9.17) is 0 Å². The second-order valence-corrected chi connectivity index (χ2v) is 5.42. The maximum Gasteiger partial charge on any atom is 0.332 e. The van der Waals surface area contributed by atoms with Crippen LogP contribution in [0.1, 0.15) is 0 Å². The zero-order valence-corrected chi connectivity index (χ0v) is 12.8. The number of fused-ring (bicyclic) bond motifs is 1. The van der Waals surface area contributed by atoms with Gasteiger partial charge in [-0.2, -0.15) is 0 Å². The third kappa shape index (κ3) is 1.90. The van der Waals surface area contributed by atoms with Crippen molar-refractivity contribution in [2.24, 2.45) is 14.1 Å². The van der Waals surface area contributed by atoms with Crippen LogP contribution in [0.25, 0.3) is 22.6 Å². The van der Waals surface area contributed by atoms with E-state index < -0.39 is 11.2 Å². The summed E-state index contributed by atoms with van der Waals surface area (Å²) in [6.07, 6.45) is 0. The predicted molar refractivity (Wildman–Crippen MR) is 81.4 cm³/mol. The summed E-state index contributed by atoms with van der Waals surface area (Å²) >= 11 is 3.28. The van der Waals surface area contributed by atoms with Crippen LogP contribution in [0.4, 0.5) is 0 Å². The van der Waals surface area contributed by atoms with Crippen molar-refractivity contribution >= 4 is 27.1 Å². The van der Waals surface area contributed by atoms with Crippen molar-refractivity contribution in [2.75, 3.05) is 0 Å². The van der Waals surface area contributed by atoms with Crippen LogP contribution < -0.4 is 11.2 Å². The molecule has 3 rings (SSSR count). The van der Waals surface area contributed by atoms with E-state index in [0.717, 1.165) is 4.57 Å². The molecular formula is C13H11BrN4O3. The maximum absolute atomic E-state index is 12.1. The van der Waals surface area contributed by atoms with Crippen molar-refractivity contribution in [3.8, 4) is 17.1 Å². The van der Waals surface area contributed by atoms with Gasteiger partial charge in [0, 0.05) is 19.7 Å². The number of nitrogens with one attached hydrogen (secondary N) is 1. The smallest absolute Gasteiger partial charge is 0.332 e. The molecule has 0 aliphatic carbocycles. The molecule has 0 atom stereocenters. The molecule has 108 valence electrons. The molecule has 0 bridgehead atoms. The second-order valence-electron chi connectivity index (χ2n) is 4.63. The van der Waals surface area contributed by atoms with Crippen molar-refractivity contribution in [3.63, 3.8) is 0 Å². The molecule has 7 nitrogen and oxygen atoms in total. The summed E-state index contributed by atoms with van der Waals surface area (Å²) in [5.74, 6) is 0.459. The Bertz CT molecular complexity index is 983. The minimum atomic E-state index is -0.444. The Morgan fingerprint density at radius 1 is 1.24 bits per heavy atom. The summed E-state index contributed by atoms with van der Waals surface area (Å²) in [6, 6.07) is 4.94. The number of halogens is 1. The van der Waals surface area contributed by atoms with Gasteiger partial charge >= 0.3 is 5.69 Å². The third-order valence-electron chi connectivity index (χ3n) is 3.33. The fourth-order valence-corrected chi connectivity index (χ4v) is 2.61. The van der Waals surface area contributed by atoms with E-state index >= 15 is 0 Å². The largest absolute Gasteiger partial charge is 0.507 e. The standard InChI is InChI=1S/C13H11BrN4O3/c1-17-11-9(12(20)18(2)13(17)21)15-10(16-11)6-4-3-5-7(19)8(6)14/h3-5,19H,1-2H3,(H,15,16). The molecule has 0 saturated heterocycles. The highest BCUT2D eigenvalue weighted by Gasteiger charge is 2.16. The summed E-state index contributed by atoms with van der Waals surface area (Å²) in [6.45, 7) is 0. The van der Waals surface area contributed by atoms with E-state index in [1.807, 2.05) is 0 Å². The Morgan fingerprint density at radius 3 is 2.67 bits per heavy atom. The van der Waals surface area contributed by atoms with Gasteiger partial charge in [-0.15, -0.1) is 0 Å². The van der Waals surface area contributed by atoms with Gasteiger partial charge in [-0.05, 0) is 28.1 Å². The van der Waals surface area contributed by atoms with Crippen molar-refractivity contribution in [2.45, 2.75) is 0 Å². The molecule has 0 aliphatic rings. The topological polar surface area (TPSA) is 92.9 Å². The Balaban J connectivity index is 2.40. The number of H-pyrrole nitrogens is 1. The number of phenolic OH excluding ortho intramolecular Hbond substituents is 1. The van der Waals surface area contributed by atoms with Gasteiger partial charge in [-0.25, -0.2) is 9.78 Å². The molecule has 2 aromatic heterocycles. The van der Waals surface area contributed by atoms with Crippen LogP contribution in [0.15, 0.2) is 32.3 Å². The second kappa shape index (κ2) is 4.59. The van der Waals surface area contributed by atoms with Crippen molar-refractivity contribution < 1.29 is 5.11 Å². The lowest BCUT2D eigenvalue weighted by Crippen LogP contribution is -2.36. The summed E-state index contributed by atoms with van der Waals surface area (Å²) in [5.41, 5.74) is 0.225. The van der Waals surface area contributed by atoms with Crippen LogP contribution in [0.2, 0.25) is 0 Å². The molecule has 2 heterocycles. The lowest BCUT2D eigenvalue weighted by molar-refractivity contribution is 0.472. The number of nitrogens with zero attached hydrogens (tertiary/aromatic N) is 3. The van der Waals surface area contributed by atoms with E-state index in [1.165, 1.54) is 17.7 Å². The molecule has 2 N–H and O–H groups in total. The van der Waals surface area contributed by atoms with Crippen molar-refractivity contribution in [1.29, 1.82) is 0 Å². The number of rotatable bonds is 1. The van der Waals surface area contributed by atoms with Gasteiger partial charge in [-0.1, -0.05) is 6.07 Å². The number of aromatic nitrogens is 4. The Labute approximate surface area is 126 Å². The fraction of sp³-hybridized carbons (Fsp3) is 0.154. The van der Waals surface area contributed by atoms with Gasteiger partial charge in [0.15, 0.2) is 5.65 Å². The summed E-state index contributed by atoms with van der Waals surface area (Å²) in [4.78, 5) is 31.2. The normalized spacial score (nSPS) is 11.2. The van der Waals surface area contributed by atoms with Crippen LogP contribution in [-0.2, 0) is 14.1 Å². The SMILES string of the molecule is Cn1c(=O)c2[nH]c(-c3cccc(O)c3Br)nc2n(C)c1=O. The van der Waals surface area contributed by atoms with Crippen LogP contribution in [0, 0.1) is 0 Å². The number of benzene rings is 1. The first-order valence-corrected chi connectivity index (χ1v) is 6.84. The minimum absolute atomic E-state index is 0.0646. The Kier molecular flexibility index (Phi) is 2.98. The minimum Gasteiger partial charge on any atom is -0.507 e. The molecule has 0 unspecified atom stereocenters. The van der Waals surface area contributed by atoms with Gasteiger partial charge in [0.25, 0.3) is 5.56 Å². The van der Waals surface area contributed by atoms with E-state index in [9.17, 15) is 14.7 Å². The van der Waals surface area contributed by atoms with E-state index in [-0.39, 0.29) is 16.9 Å². The first kappa shape index (κ1) is 13.6. The molecule has 0 fully saturated rings. The molecule has 0 spiro atoms. The van der Waals surface area contributed by atoms with Crippen LogP contribution in [-0.4, -0.2) is 24.2 Å². The van der Waals surface area contributed by atoms with Crippen molar-refractivity contribution in [1.82, 2.24) is 19.1 Å². The summed E-state index contributed by atoms with van der Waals surface area (Å²) in [7, 11) is 2.96. The monoisotopic (exact) mass is 350 g/mol. The Morgan fingerprint density at radius 2 is 1.95 bits per heavy atom. The quantitative estimate of drug-likeness (QED) is 0.687. The zero-order chi connectivity index (χ0) is 15.3. The number of aryl methyl sites for hydroxylation is 1. The highest BCUT2D eigenvalue weighted by atomic mass is 79.9. The summed E-state index contributed by atoms with van der Waals surface area (Å²) in [5, 5.41) is 9.72. The number of imidazole rings is 1. The first-order chi connectivity index (χ1) is 9.91. The molecule has 0 radical (unpaired) electrons. The average molecular weight is 351 g/mol. The number of aromatic amines is 1. The molecular weight excluding hydrogens is 340 g/mol. The third-order valence-corrected chi connectivity index (χ3v) is 4.16. The molecule has 21 heavy (non-hydrogen) atoms. The van der Waals surface area contributed by atoms with Gasteiger partial charge in [0.2, 0.25) is 0 Å². The molecule has 0 aliphatic heterocycles. The van der Waals surface area contributed by atoms with E-state index in [2.05, 4.69) is 25.9 Å². The van der Waals surface area contributed by atoms with Crippen LogP contribution >= 0.6 is 15.9 Å².